The van der Waals surface area contributed by atoms with Crippen LogP contribution in [0.1, 0.15) is 90.2 Å². The third-order valence-corrected chi connectivity index (χ3v) is 8.85. The Morgan fingerprint density at radius 3 is 1.67 bits per heavy atom. The number of carbonyl (C=O) groups excluding carboxylic acids is 2. The lowest BCUT2D eigenvalue weighted by molar-refractivity contribution is -0.147. The minimum atomic E-state index is -4.46. The Morgan fingerprint density at radius 2 is 1.26 bits per heavy atom. The van der Waals surface area contributed by atoms with Crippen LogP contribution in [0, 0.1) is 0 Å². The van der Waals surface area contributed by atoms with E-state index in [9.17, 15) is 22.6 Å². The van der Waals surface area contributed by atoms with Crippen molar-refractivity contribution in [1.82, 2.24) is 0 Å². The number of rotatable bonds is 19. The highest BCUT2D eigenvalue weighted by molar-refractivity contribution is 7.89. The van der Waals surface area contributed by atoms with E-state index in [0.29, 0.717) is 46.4 Å². The highest BCUT2D eigenvalue weighted by atomic mass is 32.2. The maximum Gasteiger partial charge on any atom is 0.333 e. The van der Waals surface area contributed by atoms with Crippen molar-refractivity contribution < 1.29 is 41.5 Å². The van der Waals surface area contributed by atoms with Crippen LogP contribution in [0.3, 0.4) is 0 Å². The number of hydrogen-bond donors (Lipinski definition) is 1. The molecule has 0 spiro atoms. The molecular formula is C36H48O9S. The first-order chi connectivity index (χ1) is 21.9. The quantitative estimate of drug-likeness (QED) is 0.0704. The van der Waals surface area contributed by atoms with Gasteiger partial charge in [0.2, 0.25) is 0 Å². The number of esters is 2. The molecule has 0 saturated heterocycles. The highest BCUT2D eigenvalue weighted by Crippen LogP contribution is 2.45. The molecule has 0 radical (unpaired) electrons. The van der Waals surface area contributed by atoms with Crippen LogP contribution in [-0.2, 0) is 42.0 Å². The van der Waals surface area contributed by atoms with Gasteiger partial charge in [-0.2, -0.15) is 8.42 Å². The fourth-order valence-corrected chi connectivity index (χ4v) is 5.94. The van der Waals surface area contributed by atoms with E-state index < -0.39 is 34.3 Å². The maximum absolute atomic E-state index is 12.4. The summed E-state index contributed by atoms with van der Waals surface area (Å²) in [7, 11) is -4.46. The van der Waals surface area contributed by atoms with Crippen molar-refractivity contribution in [3.63, 3.8) is 0 Å². The minimum absolute atomic E-state index is 0.0423. The summed E-state index contributed by atoms with van der Waals surface area (Å²) in [5.74, 6) is -0.0172. The molecule has 2 unspecified atom stereocenters. The number of hydrogen-bond acceptors (Lipinski definition) is 8. The van der Waals surface area contributed by atoms with Crippen LogP contribution in [-0.4, -0.2) is 50.3 Å². The molecule has 0 heterocycles. The first-order valence-electron chi connectivity index (χ1n) is 16.1. The average molecular weight is 657 g/mol. The highest BCUT2D eigenvalue weighted by Gasteiger charge is 2.30. The maximum atomic E-state index is 12.4. The predicted molar refractivity (Wildman–Crippen MR) is 180 cm³/mol. The summed E-state index contributed by atoms with van der Waals surface area (Å²) in [5, 5.41) is 1.41. The predicted octanol–water partition coefficient (Wildman–Crippen LogP) is 7.60. The Kier molecular flexibility index (Phi) is 13.9. The molecule has 9 nitrogen and oxygen atoms in total. The van der Waals surface area contributed by atoms with Crippen LogP contribution in [0.2, 0.25) is 0 Å². The standard InChI is InChI=1S/C36H48O9S/c1-7-9-11-15-26(44-35(37)24(3)4)22-42-33-29-17-13-14-18-30(29)34(32-21-28(46(39,40)41)19-20-31(32)33)43-23-27(16-12-10-8-2)45-36(38)25(5)6/h13-14,17-19,26-27H,3,5,7-12,15-16,20-23H2,1-2,4,6H3,(H,39,40,41). The smallest absolute Gasteiger partial charge is 0.333 e. The van der Waals surface area contributed by atoms with E-state index in [2.05, 4.69) is 27.0 Å². The van der Waals surface area contributed by atoms with Gasteiger partial charge in [0.15, 0.2) is 0 Å². The van der Waals surface area contributed by atoms with Crippen molar-refractivity contribution in [2.45, 2.75) is 104 Å². The van der Waals surface area contributed by atoms with Gasteiger partial charge in [-0.3, -0.25) is 4.55 Å². The van der Waals surface area contributed by atoms with Crippen LogP contribution in [0.5, 0.6) is 11.5 Å². The second-order valence-corrected chi connectivity index (χ2v) is 13.4. The van der Waals surface area contributed by atoms with Crippen LogP contribution in [0.15, 0.2) is 59.6 Å². The molecule has 46 heavy (non-hydrogen) atoms. The number of carbonyl (C=O) groups is 2. The minimum Gasteiger partial charge on any atom is -0.489 e. The molecule has 1 aliphatic carbocycles. The number of ether oxygens (including phenoxy) is 4. The normalized spacial score (nSPS) is 14.1. The summed E-state index contributed by atoms with van der Waals surface area (Å²) in [4.78, 5) is 24.7. The molecular weight excluding hydrogens is 608 g/mol. The Morgan fingerprint density at radius 1 is 0.804 bits per heavy atom. The molecule has 0 amide bonds. The van der Waals surface area contributed by atoms with Crippen LogP contribution >= 0.6 is 0 Å². The van der Waals surface area contributed by atoms with Crippen LogP contribution < -0.4 is 9.47 Å². The van der Waals surface area contributed by atoms with Gasteiger partial charge in [-0.1, -0.05) is 83.0 Å². The van der Waals surface area contributed by atoms with Gasteiger partial charge in [0.25, 0.3) is 10.1 Å². The first-order valence-corrected chi connectivity index (χ1v) is 17.5. The molecule has 10 heteroatoms. The van der Waals surface area contributed by atoms with Gasteiger partial charge in [0.1, 0.15) is 36.9 Å². The van der Waals surface area contributed by atoms with Crippen LogP contribution in [0.25, 0.3) is 10.8 Å². The van der Waals surface area contributed by atoms with E-state index in [4.69, 9.17) is 18.9 Å². The molecule has 3 rings (SSSR count). The van der Waals surface area contributed by atoms with Gasteiger partial charge < -0.3 is 18.9 Å². The second kappa shape index (κ2) is 17.3. The van der Waals surface area contributed by atoms with E-state index in [1.54, 1.807) is 13.8 Å². The van der Waals surface area contributed by atoms with Gasteiger partial charge in [0.05, 0.1) is 4.91 Å². The SMILES string of the molecule is C=C(C)C(=O)OC(CCCCC)COc1c2c(c(OCC(CCCCC)OC(=O)C(=C)C)c3ccccc13)CC(S(=O)(=O)O)=CC2. The summed E-state index contributed by atoms with van der Waals surface area (Å²) in [5.41, 5.74) is 1.86. The molecule has 2 aromatic carbocycles. The first kappa shape index (κ1) is 36.8. The summed E-state index contributed by atoms with van der Waals surface area (Å²) in [6.45, 7) is 14.9. The lowest BCUT2D eigenvalue weighted by atomic mass is 9.90. The van der Waals surface area contributed by atoms with Crippen molar-refractivity contribution in [3.05, 3.63) is 70.7 Å². The van der Waals surface area contributed by atoms with E-state index >= 15 is 0 Å². The Balaban J connectivity index is 2.05. The van der Waals surface area contributed by atoms with Crippen molar-refractivity contribution in [2.75, 3.05) is 13.2 Å². The lowest BCUT2D eigenvalue weighted by Gasteiger charge is -2.27. The molecule has 0 fully saturated rings. The molecule has 0 bridgehead atoms. The molecule has 2 aromatic rings. The van der Waals surface area contributed by atoms with Crippen molar-refractivity contribution in [2.24, 2.45) is 0 Å². The zero-order valence-electron chi connectivity index (χ0n) is 27.6. The topological polar surface area (TPSA) is 125 Å². The zero-order valence-corrected chi connectivity index (χ0v) is 28.4. The molecule has 2 atom stereocenters. The molecule has 0 aliphatic heterocycles. The molecule has 0 saturated carbocycles. The molecule has 0 aromatic heterocycles. The number of benzene rings is 2. The average Bonchev–Trinajstić information content (AvgIpc) is 3.01. The Labute approximate surface area is 273 Å². The van der Waals surface area contributed by atoms with Gasteiger partial charge >= 0.3 is 11.9 Å². The van der Waals surface area contributed by atoms with E-state index in [1.165, 1.54) is 6.08 Å². The third-order valence-electron chi connectivity index (χ3n) is 7.88. The van der Waals surface area contributed by atoms with Gasteiger partial charge in [-0.15, -0.1) is 0 Å². The Hall–Kier alpha value is -3.63. The second-order valence-electron chi connectivity index (χ2n) is 11.9. The molecule has 1 aliphatic rings. The number of fused-ring (bicyclic) bond motifs is 2. The molecule has 252 valence electrons. The largest absolute Gasteiger partial charge is 0.489 e. The number of allylic oxidation sites excluding steroid dienone is 2. The summed E-state index contributed by atoms with van der Waals surface area (Å²) >= 11 is 0. The Bertz CT molecular complexity index is 1550. The zero-order chi connectivity index (χ0) is 33.9. The van der Waals surface area contributed by atoms with Crippen LogP contribution in [0.4, 0.5) is 0 Å². The van der Waals surface area contributed by atoms with Gasteiger partial charge in [-0.05, 0) is 46.0 Å². The fraction of sp³-hybridized carbons (Fsp3) is 0.500. The summed E-state index contributed by atoms with van der Waals surface area (Å²) in [6, 6.07) is 7.46. The van der Waals surface area contributed by atoms with E-state index in [0.717, 1.165) is 43.9 Å². The van der Waals surface area contributed by atoms with Crippen molar-refractivity contribution in [3.8, 4) is 11.5 Å². The van der Waals surface area contributed by atoms with E-state index in [1.807, 2.05) is 24.3 Å². The van der Waals surface area contributed by atoms with Crippen molar-refractivity contribution >= 4 is 32.8 Å². The van der Waals surface area contributed by atoms with Gasteiger partial charge in [0, 0.05) is 39.5 Å². The lowest BCUT2D eigenvalue weighted by Crippen LogP contribution is -2.27. The third kappa shape index (κ3) is 10.2. The van der Waals surface area contributed by atoms with E-state index in [-0.39, 0.29) is 36.5 Å². The monoisotopic (exact) mass is 656 g/mol. The molecule has 1 N–H and O–H groups in total. The summed E-state index contributed by atoms with van der Waals surface area (Å²) < 4.78 is 58.7. The van der Waals surface area contributed by atoms with Gasteiger partial charge in [-0.25, -0.2) is 9.59 Å². The number of unbranched alkanes of at least 4 members (excludes halogenated alkanes) is 4. The summed E-state index contributed by atoms with van der Waals surface area (Å²) in [6.07, 6.45) is 7.33. The van der Waals surface area contributed by atoms with Crippen molar-refractivity contribution in [1.29, 1.82) is 0 Å². The fourth-order valence-electron chi connectivity index (χ4n) is 5.32.